The Morgan fingerprint density at radius 3 is 0.864 bits per heavy atom. The maximum absolute atomic E-state index is 13.2. The molecule has 3 aromatic rings. The summed E-state index contributed by atoms with van der Waals surface area (Å²) in [6.07, 6.45) is 0. The molecule has 3 aromatic carbocycles. The van der Waals surface area contributed by atoms with E-state index >= 15 is 0 Å². The predicted molar refractivity (Wildman–Crippen MR) is 83.9 cm³/mol. The molecule has 4 heteroatoms. The molecule has 0 saturated carbocycles. The summed E-state index contributed by atoms with van der Waals surface area (Å²) >= 11 is -2.56. The van der Waals surface area contributed by atoms with Gasteiger partial charge in [0, 0.05) is 0 Å². The second-order valence-electron chi connectivity index (χ2n) is 4.90. The molecule has 0 aliphatic heterocycles. The van der Waals surface area contributed by atoms with Gasteiger partial charge in [-0.15, -0.1) is 0 Å². The summed E-state index contributed by atoms with van der Waals surface area (Å²) in [5.74, 6) is -0.862. The zero-order chi connectivity index (χ0) is 15.5. The van der Waals surface area contributed by atoms with Gasteiger partial charge in [-0.05, 0) is 0 Å². The van der Waals surface area contributed by atoms with Crippen molar-refractivity contribution in [2.45, 2.75) is 0 Å². The molecule has 0 amide bonds. The monoisotopic (exact) mass is 405 g/mol. The molecule has 0 atom stereocenters. The van der Waals surface area contributed by atoms with Crippen LogP contribution in [0.1, 0.15) is 0 Å². The third kappa shape index (κ3) is 3.35. The minimum absolute atomic E-state index is 0.287. The van der Waals surface area contributed by atoms with Crippen LogP contribution in [0.4, 0.5) is 13.2 Å². The van der Waals surface area contributed by atoms with E-state index in [4.69, 9.17) is 0 Å². The van der Waals surface area contributed by atoms with Crippen LogP contribution in [0, 0.1) is 17.5 Å². The van der Waals surface area contributed by atoms with E-state index in [1.54, 1.807) is 36.4 Å². The molecule has 0 spiro atoms. The Morgan fingerprint density at radius 2 is 0.636 bits per heavy atom. The van der Waals surface area contributed by atoms with E-state index in [0.29, 0.717) is 0 Å². The number of rotatable bonds is 3. The molecular formula is C18H12F3Sn. The van der Waals surface area contributed by atoms with Crippen molar-refractivity contribution in [1.82, 2.24) is 0 Å². The molecule has 0 bridgehead atoms. The second-order valence-corrected chi connectivity index (χ2v) is 12.0. The zero-order valence-electron chi connectivity index (χ0n) is 11.6. The van der Waals surface area contributed by atoms with Crippen LogP contribution in [0.2, 0.25) is 0 Å². The summed E-state index contributed by atoms with van der Waals surface area (Å²) in [4.78, 5) is 0. The number of halogens is 3. The van der Waals surface area contributed by atoms with Crippen LogP contribution in [0.25, 0.3) is 0 Å². The summed E-state index contributed by atoms with van der Waals surface area (Å²) in [5, 5.41) is 0. The summed E-state index contributed by atoms with van der Waals surface area (Å²) in [6, 6.07) is 19.2. The van der Waals surface area contributed by atoms with Crippen LogP contribution in [0.5, 0.6) is 0 Å². The Balaban J connectivity index is 2.10. The summed E-state index contributed by atoms with van der Waals surface area (Å²) in [7, 11) is 0. The van der Waals surface area contributed by atoms with Crippen LogP contribution in [0.15, 0.2) is 72.8 Å². The first-order valence-electron chi connectivity index (χ1n) is 6.78. The van der Waals surface area contributed by atoms with Gasteiger partial charge in [0.05, 0.1) is 0 Å². The van der Waals surface area contributed by atoms with Crippen molar-refractivity contribution in [2.75, 3.05) is 0 Å². The van der Waals surface area contributed by atoms with Crippen molar-refractivity contribution in [3.05, 3.63) is 90.2 Å². The first kappa shape index (κ1) is 15.2. The van der Waals surface area contributed by atoms with Gasteiger partial charge in [0.1, 0.15) is 0 Å². The van der Waals surface area contributed by atoms with E-state index in [1.807, 2.05) is 0 Å². The van der Waals surface area contributed by atoms with E-state index < -0.39 is 19.8 Å². The normalized spacial score (nSPS) is 10.9. The first-order valence-corrected chi connectivity index (χ1v) is 11.1. The molecular weight excluding hydrogens is 392 g/mol. The van der Waals surface area contributed by atoms with Gasteiger partial charge >= 0.3 is 134 Å². The van der Waals surface area contributed by atoms with Crippen molar-refractivity contribution in [1.29, 1.82) is 0 Å². The molecule has 1 radical (unpaired) electrons. The molecule has 0 aliphatic carbocycles. The Hall–Kier alpha value is -1.75. The second kappa shape index (κ2) is 6.56. The number of hydrogen-bond acceptors (Lipinski definition) is 0. The van der Waals surface area contributed by atoms with Crippen LogP contribution in [0.3, 0.4) is 0 Å². The standard InChI is InChI=1S/3C6H4F.Sn/c3*7-6-4-2-1-3-5-6;/h3*2-5H;. The Kier molecular flexibility index (Phi) is 4.52. The van der Waals surface area contributed by atoms with Crippen LogP contribution < -0.4 is 10.7 Å². The molecule has 22 heavy (non-hydrogen) atoms. The van der Waals surface area contributed by atoms with Gasteiger partial charge in [0.2, 0.25) is 0 Å². The molecule has 0 unspecified atom stereocenters. The molecule has 0 N–H and O–H groups in total. The van der Waals surface area contributed by atoms with Crippen LogP contribution >= 0.6 is 0 Å². The molecule has 0 fully saturated rings. The van der Waals surface area contributed by atoms with Crippen molar-refractivity contribution in [3.63, 3.8) is 0 Å². The quantitative estimate of drug-likeness (QED) is 0.590. The molecule has 3 rings (SSSR count). The fraction of sp³-hybridized carbons (Fsp3) is 0. The summed E-state index contributed by atoms with van der Waals surface area (Å²) in [6.45, 7) is 0. The fourth-order valence-corrected chi connectivity index (χ4v) is 9.48. The molecule has 0 nitrogen and oxygen atoms in total. The van der Waals surface area contributed by atoms with Crippen molar-refractivity contribution >= 4 is 30.5 Å². The van der Waals surface area contributed by atoms with Gasteiger partial charge in [0.25, 0.3) is 0 Å². The van der Waals surface area contributed by atoms with Crippen molar-refractivity contribution in [2.24, 2.45) is 0 Å². The van der Waals surface area contributed by atoms with Crippen LogP contribution in [-0.2, 0) is 0 Å². The van der Waals surface area contributed by atoms with E-state index in [2.05, 4.69) is 0 Å². The Bertz CT molecular complexity index is 642. The van der Waals surface area contributed by atoms with E-state index in [9.17, 15) is 13.2 Å². The van der Waals surface area contributed by atoms with Gasteiger partial charge in [-0.3, -0.25) is 0 Å². The molecule has 0 aliphatic rings. The third-order valence-electron chi connectivity index (χ3n) is 3.40. The van der Waals surface area contributed by atoms with Gasteiger partial charge < -0.3 is 0 Å². The Labute approximate surface area is 134 Å². The number of hydrogen-bond donors (Lipinski definition) is 0. The number of benzene rings is 3. The predicted octanol–water partition coefficient (Wildman–Crippen LogP) is 2.62. The van der Waals surface area contributed by atoms with E-state index in [0.717, 1.165) is 10.7 Å². The van der Waals surface area contributed by atoms with E-state index in [-0.39, 0.29) is 17.5 Å². The molecule has 0 saturated heterocycles. The zero-order valence-corrected chi connectivity index (χ0v) is 14.4. The molecule has 0 heterocycles. The van der Waals surface area contributed by atoms with Gasteiger partial charge in [-0.25, -0.2) is 0 Å². The summed E-state index contributed by atoms with van der Waals surface area (Å²) < 4.78 is 42.7. The SMILES string of the molecule is Fc1cc[c]([Sn]([c]2ccc(F)cc2)[c]2ccc(F)cc2)cc1. The van der Waals surface area contributed by atoms with Crippen LogP contribution in [-0.4, -0.2) is 19.8 Å². The third-order valence-corrected chi connectivity index (χ3v) is 11.2. The maximum atomic E-state index is 13.2. The molecule has 0 aromatic heterocycles. The van der Waals surface area contributed by atoms with Gasteiger partial charge in [-0.2, -0.15) is 0 Å². The topological polar surface area (TPSA) is 0 Å². The minimum atomic E-state index is -2.56. The van der Waals surface area contributed by atoms with Gasteiger partial charge in [0.15, 0.2) is 0 Å². The summed E-state index contributed by atoms with van der Waals surface area (Å²) in [5.41, 5.74) is 0. The fourth-order valence-electron chi connectivity index (χ4n) is 2.35. The van der Waals surface area contributed by atoms with Crippen molar-refractivity contribution in [3.8, 4) is 0 Å². The van der Waals surface area contributed by atoms with Gasteiger partial charge in [-0.1, -0.05) is 0 Å². The average Bonchev–Trinajstić information content (AvgIpc) is 2.53. The van der Waals surface area contributed by atoms with E-state index in [1.165, 1.54) is 36.4 Å². The Morgan fingerprint density at radius 1 is 0.409 bits per heavy atom. The first-order chi connectivity index (χ1) is 10.6. The average molecular weight is 404 g/mol. The van der Waals surface area contributed by atoms with Crippen molar-refractivity contribution < 1.29 is 13.2 Å². The molecule has 109 valence electrons.